The first-order chi connectivity index (χ1) is 12.6. The van der Waals surface area contributed by atoms with Crippen LogP contribution in [0.2, 0.25) is 0 Å². The van der Waals surface area contributed by atoms with E-state index in [0.29, 0.717) is 29.9 Å². The number of hydrogen-bond acceptors (Lipinski definition) is 6. The Kier molecular flexibility index (Phi) is 4.46. The molecule has 0 unspecified atom stereocenters. The molecule has 0 amide bonds. The third-order valence-corrected chi connectivity index (χ3v) is 4.63. The number of nitrogens with one attached hydrogen (secondary N) is 2. The van der Waals surface area contributed by atoms with Gasteiger partial charge in [-0.2, -0.15) is 0 Å². The summed E-state index contributed by atoms with van der Waals surface area (Å²) in [5.41, 5.74) is 1.60. The van der Waals surface area contributed by atoms with Gasteiger partial charge in [0, 0.05) is 19.2 Å². The summed E-state index contributed by atoms with van der Waals surface area (Å²) < 4.78 is 8.88. The first-order valence-electron chi connectivity index (χ1n) is 8.99. The summed E-state index contributed by atoms with van der Waals surface area (Å²) in [5.74, 6) is 0.536. The molecule has 2 N–H and O–H groups in total. The van der Waals surface area contributed by atoms with Crippen molar-refractivity contribution in [3.63, 3.8) is 0 Å². The van der Waals surface area contributed by atoms with E-state index in [2.05, 4.69) is 25.4 Å². The average Bonchev–Trinajstić information content (AvgIpc) is 3.36. The normalized spacial score (nSPS) is 17.4. The number of aromatic nitrogens is 6. The molecule has 3 aromatic heterocycles. The quantitative estimate of drug-likeness (QED) is 0.698. The van der Waals surface area contributed by atoms with Crippen LogP contribution in [0.25, 0.3) is 17.0 Å². The van der Waals surface area contributed by atoms with Gasteiger partial charge in [-0.05, 0) is 33.1 Å². The highest BCUT2D eigenvalue weighted by Crippen LogP contribution is 2.19. The zero-order valence-corrected chi connectivity index (χ0v) is 15.0. The molecule has 1 aliphatic rings. The molecule has 0 spiro atoms. The molecule has 26 heavy (non-hydrogen) atoms. The van der Waals surface area contributed by atoms with Crippen molar-refractivity contribution in [3.8, 4) is 11.4 Å². The van der Waals surface area contributed by atoms with Gasteiger partial charge in [0.25, 0.3) is 5.56 Å². The molecule has 1 fully saturated rings. The molecule has 4 heterocycles. The summed E-state index contributed by atoms with van der Waals surface area (Å²) in [6.07, 6.45) is 8.31. The number of H-pyrrole nitrogens is 1. The van der Waals surface area contributed by atoms with Gasteiger partial charge in [-0.1, -0.05) is 0 Å². The highest BCUT2D eigenvalue weighted by Gasteiger charge is 2.19. The van der Waals surface area contributed by atoms with Crippen molar-refractivity contribution in [2.45, 2.75) is 45.3 Å². The minimum absolute atomic E-state index is 0.0301. The van der Waals surface area contributed by atoms with E-state index < -0.39 is 0 Å². The lowest BCUT2D eigenvalue weighted by atomic mass is 10.2. The summed E-state index contributed by atoms with van der Waals surface area (Å²) in [6.45, 7) is 5.46. The average molecular weight is 357 g/mol. The molecule has 9 heteroatoms. The van der Waals surface area contributed by atoms with E-state index in [-0.39, 0.29) is 11.6 Å². The van der Waals surface area contributed by atoms with Gasteiger partial charge in [0.2, 0.25) is 11.6 Å². The van der Waals surface area contributed by atoms with Crippen molar-refractivity contribution in [2.24, 2.45) is 0 Å². The molecule has 1 atom stereocenters. The SMILES string of the molecule is CC(C)n1c(NCC[C@H]2CCCO2)nn2c(-c3cnc[nH]3)cnc2c1=O. The largest absolute Gasteiger partial charge is 0.378 e. The fourth-order valence-corrected chi connectivity index (χ4v) is 3.34. The number of aromatic amines is 1. The van der Waals surface area contributed by atoms with Crippen LogP contribution in [0.4, 0.5) is 5.95 Å². The van der Waals surface area contributed by atoms with Crippen molar-refractivity contribution in [3.05, 3.63) is 29.1 Å². The lowest BCUT2D eigenvalue weighted by Crippen LogP contribution is -2.29. The Morgan fingerprint density at radius 1 is 1.42 bits per heavy atom. The van der Waals surface area contributed by atoms with Gasteiger partial charge in [0.05, 0.1) is 30.5 Å². The Balaban J connectivity index is 1.70. The van der Waals surface area contributed by atoms with Gasteiger partial charge >= 0.3 is 0 Å². The Morgan fingerprint density at radius 2 is 2.31 bits per heavy atom. The van der Waals surface area contributed by atoms with Crippen LogP contribution < -0.4 is 10.9 Å². The molecule has 0 bridgehead atoms. The Morgan fingerprint density at radius 3 is 3.00 bits per heavy atom. The van der Waals surface area contributed by atoms with Gasteiger partial charge < -0.3 is 15.0 Å². The lowest BCUT2D eigenvalue weighted by molar-refractivity contribution is 0.107. The van der Waals surface area contributed by atoms with Crippen molar-refractivity contribution in [1.82, 2.24) is 29.1 Å². The van der Waals surface area contributed by atoms with E-state index in [1.54, 1.807) is 27.8 Å². The minimum atomic E-state index is -0.166. The van der Waals surface area contributed by atoms with Crippen LogP contribution in [0.15, 0.2) is 23.5 Å². The Hall–Kier alpha value is -2.68. The number of fused-ring (bicyclic) bond motifs is 1. The molecule has 0 aromatic carbocycles. The third-order valence-electron chi connectivity index (χ3n) is 4.63. The van der Waals surface area contributed by atoms with Crippen LogP contribution in [0.5, 0.6) is 0 Å². The van der Waals surface area contributed by atoms with Gasteiger partial charge in [-0.15, -0.1) is 5.10 Å². The fraction of sp³-hybridized carbons (Fsp3) is 0.529. The van der Waals surface area contributed by atoms with E-state index in [0.717, 1.165) is 31.6 Å². The zero-order valence-electron chi connectivity index (χ0n) is 15.0. The second-order valence-electron chi connectivity index (χ2n) is 6.79. The Bertz CT molecular complexity index is 936. The molecule has 138 valence electrons. The molecule has 0 saturated carbocycles. The highest BCUT2D eigenvalue weighted by atomic mass is 16.5. The predicted octanol–water partition coefficient (Wildman–Crippen LogP) is 1.84. The number of imidazole rings is 2. The second-order valence-corrected chi connectivity index (χ2v) is 6.79. The molecular formula is C17H23N7O2. The number of ether oxygens (including phenoxy) is 1. The van der Waals surface area contributed by atoms with Crippen molar-refractivity contribution >= 4 is 11.6 Å². The predicted molar refractivity (Wildman–Crippen MR) is 97.3 cm³/mol. The summed E-state index contributed by atoms with van der Waals surface area (Å²) in [7, 11) is 0. The molecule has 9 nitrogen and oxygen atoms in total. The maximum Gasteiger partial charge on any atom is 0.298 e. The van der Waals surface area contributed by atoms with Crippen LogP contribution in [0.1, 0.15) is 39.2 Å². The molecule has 4 rings (SSSR count). The molecule has 3 aromatic rings. The van der Waals surface area contributed by atoms with Gasteiger partial charge in [-0.3, -0.25) is 9.36 Å². The van der Waals surface area contributed by atoms with Crippen molar-refractivity contribution < 1.29 is 4.74 Å². The van der Waals surface area contributed by atoms with Crippen molar-refractivity contribution in [2.75, 3.05) is 18.5 Å². The van der Waals surface area contributed by atoms with E-state index in [9.17, 15) is 4.79 Å². The smallest absolute Gasteiger partial charge is 0.298 e. The summed E-state index contributed by atoms with van der Waals surface area (Å²) in [6, 6.07) is -0.0301. The lowest BCUT2D eigenvalue weighted by Gasteiger charge is -2.17. The van der Waals surface area contributed by atoms with Gasteiger partial charge in [-0.25, -0.2) is 14.5 Å². The Labute approximate surface area is 150 Å². The van der Waals surface area contributed by atoms with Crippen LogP contribution in [0.3, 0.4) is 0 Å². The van der Waals surface area contributed by atoms with Crippen LogP contribution >= 0.6 is 0 Å². The first-order valence-corrected chi connectivity index (χ1v) is 8.99. The van der Waals surface area contributed by atoms with Gasteiger partial charge in [0.1, 0.15) is 5.69 Å². The first kappa shape index (κ1) is 16.8. The number of hydrogen-bond donors (Lipinski definition) is 2. The van der Waals surface area contributed by atoms with Crippen LogP contribution in [-0.4, -0.2) is 48.4 Å². The maximum atomic E-state index is 12.9. The third kappa shape index (κ3) is 2.98. The number of nitrogens with zero attached hydrogens (tertiary/aromatic N) is 5. The van der Waals surface area contributed by atoms with E-state index in [1.165, 1.54) is 0 Å². The topological polar surface area (TPSA) is 102 Å². The molecular weight excluding hydrogens is 334 g/mol. The highest BCUT2D eigenvalue weighted by molar-refractivity contribution is 5.58. The number of rotatable bonds is 6. The standard InChI is InChI=1S/C17H23N7O2/c1-11(2)23-16(25)15-20-9-14(13-8-18-10-21-13)24(15)22-17(23)19-6-5-12-4-3-7-26-12/h8-12H,3-7H2,1-2H3,(H,18,21)(H,19,22)/t12-/m1/s1. The molecule has 0 aliphatic carbocycles. The number of anilines is 1. The zero-order chi connectivity index (χ0) is 18.1. The summed E-state index contributed by atoms with van der Waals surface area (Å²) in [4.78, 5) is 24.3. The van der Waals surface area contributed by atoms with Crippen molar-refractivity contribution in [1.29, 1.82) is 0 Å². The van der Waals surface area contributed by atoms with E-state index in [4.69, 9.17) is 4.74 Å². The molecule has 0 radical (unpaired) electrons. The molecule has 1 saturated heterocycles. The second kappa shape index (κ2) is 6.91. The molecule has 1 aliphatic heterocycles. The van der Waals surface area contributed by atoms with Crippen LogP contribution in [0, 0.1) is 0 Å². The summed E-state index contributed by atoms with van der Waals surface area (Å²) in [5, 5.41) is 7.97. The minimum Gasteiger partial charge on any atom is -0.378 e. The van der Waals surface area contributed by atoms with E-state index >= 15 is 0 Å². The summed E-state index contributed by atoms with van der Waals surface area (Å²) >= 11 is 0. The maximum absolute atomic E-state index is 12.9. The fourth-order valence-electron chi connectivity index (χ4n) is 3.34. The van der Waals surface area contributed by atoms with Crippen LogP contribution in [-0.2, 0) is 4.74 Å². The van der Waals surface area contributed by atoms with Gasteiger partial charge in [0.15, 0.2) is 0 Å². The van der Waals surface area contributed by atoms with E-state index in [1.807, 2.05) is 13.8 Å². The monoisotopic (exact) mass is 357 g/mol.